The van der Waals surface area contributed by atoms with Crippen LogP contribution in [0.25, 0.3) is 0 Å². The van der Waals surface area contributed by atoms with Gasteiger partial charge in [-0.25, -0.2) is 0 Å². The average Bonchev–Trinajstić information content (AvgIpc) is 2.35. The third-order valence-electron chi connectivity index (χ3n) is 4.09. The molecular weight excluding hydrogens is 242 g/mol. The van der Waals surface area contributed by atoms with Crippen molar-refractivity contribution in [2.45, 2.75) is 47.8 Å². The molecule has 2 fully saturated rings. The Kier molecular flexibility index (Phi) is 3.64. The predicted molar refractivity (Wildman–Crippen MR) is 75.9 cm³/mol. The molecule has 1 aromatic rings. The number of nitrogens with two attached hydrogens (primary N) is 1. The first kappa shape index (κ1) is 12.5. The van der Waals surface area contributed by atoms with E-state index in [9.17, 15) is 0 Å². The van der Waals surface area contributed by atoms with Gasteiger partial charge in [-0.3, -0.25) is 0 Å². The smallest absolute Gasteiger partial charge is 0.0611 e. The van der Waals surface area contributed by atoms with E-state index >= 15 is 0 Å². The van der Waals surface area contributed by atoms with E-state index in [0.29, 0.717) is 5.25 Å². The van der Waals surface area contributed by atoms with Crippen molar-refractivity contribution >= 4 is 11.8 Å². The molecule has 18 heavy (non-hydrogen) atoms. The Balaban J connectivity index is 1.69. The van der Waals surface area contributed by atoms with Crippen LogP contribution in [-0.4, -0.2) is 18.5 Å². The number of thioether (sulfide) groups is 1. The van der Waals surface area contributed by atoms with Gasteiger partial charge in [-0.2, -0.15) is 0 Å². The van der Waals surface area contributed by atoms with E-state index in [0.717, 1.165) is 26.1 Å². The molecule has 1 aliphatic carbocycles. The zero-order valence-corrected chi connectivity index (χ0v) is 11.5. The van der Waals surface area contributed by atoms with E-state index in [4.69, 9.17) is 10.5 Å². The lowest BCUT2D eigenvalue weighted by atomic mass is 9.77. The predicted octanol–water partition coefficient (Wildman–Crippen LogP) is 3.30. The number of ether oxygens (including phenoxy) is 1. The molecule has 0 atom stereocenters. The summed E-state index contributed by atoms with van der Waals surface area (Å²) in [5.41, 5.74) is 7.79. The van der Waals surface area contributed by atoms with Crippen LogP contribution in [0.5, 0.6) is 0 Å². The van der Waals surface area contributed by atoms with Crippen LogP contribution < -0.4 is 5.73 Å². The van der Waals surface area contributed by atoms with E-state index < -0.39 is 0 Å². The molecule has 0 bridgehead atoms. The second kappa shape index (κ2) is 5.24. The van der Waals surface area contributed by atoms with Gasteiger partial charge < -0.3 is 10.5 Å². The Labute approximate surface area is 113 Å². The number of rotatable bonds is 3. The SMILES string of the molecule is NC1(c2ccc(SC3COC3)cc2)CCCCC1. The summed E-state index contributed by atoms with van der Waals surface area (Å²) in [4.78, 5) is 1.34. The van der Waals surface area contributed by atoms with Crippen molar-refractivity contribution in [3.63, 3.8) is 0 Å². The molecule has 0 aromatic heterocycles. The number of hydrogen-bond donors (Lipinski definition) is 1. The van der Waals surface area contributed by atoms with Gasteiger partial charge in [0.25, 0.3) is 0 Å². The Morgan fingerprint density at radius 2 is 1.72 bits per heavy atom. The van der Waals surface area contributed by atoms with Crippen LogP contribution in [0, 0.1) is 0 Å². The Morgan fingerprint density at radius 3 is 2.28 bits per heavy atom. The van der Waals surface area contributed by atoms with Crippen LogP contribution >= 0.6 is 11.8 Å². The Bertz CT molecular complexity index is 393. The van der Waals surface area contributed by atoms with E-state index in [1.54, 1.807) is 0 Å². The third-order valence-corrected chi connectivity index (χ3v) is 5.24. The van der Waals surface area contributed by atoms with Crippen LogP contribution in [0.3, 0.4) is 0 Å². The van der Waals surface area contributed by atoms with Gasteiger partial charge in [0.15, 0.2) is 0 Å². The lowest BCUT2D eigenvalue weighted by molar-refractivity contribution is 0.0455. The number of benzene rings is 1. The molecule has 0 spiro atoms. The molecule has 0 unspecified atom stereocenters. The topological polar surface area (TPSA) is 35.2 Å². The summed E-state index contributed by atoms with van der Waals surface area (Å²) in [5, 5.41) is 0.650. The largest absolute Gasteiger partial charge is 0.379 e. The van der Waals surface area contributed by atoms with Crippen molar-refractivity contribution in [1.82, 2.24) is 0 Å². The highest BCUT2D eigenvalue weighted by Crippen LogP contribution is 2.36. The molecule has 0 amide bonds. The van der Waals surface area contributed by atoms with Crippen LogP contribution in [0.4, 0.5) is 0 Å². The summed E-state index contributed by atoms with van der Waals surface area (Å²) in [7, 11) is 0. The highest BCUT2D eigenvalue weighted by Gasteiger charge is 2.29. The molecule has 2 aliphatic rings. The van der Waals surface area contributed by atoms with E-state index in [-0.39, 0.29) is 5.54 Å². The summed E-state index contributed by atoms with van der Waals surface area (Å²) in [6.45, 7) is 1.79. The standard InChI is InChI=1S/C15H21NOS/c16-15(8-2-1-3-9-15)12-4-6-13(7-5-12)18-14-10-17-11-14/h4-7,14H,1-3,8-11,16H2. The Hall–Kier alpha value is -0.510. The third kappa shape index (κ3) is 2.58. The zero-order valence-electron chi connectivity index (χ0n) is 10.7. The van der Waals surface area contributed by atoms with Crippen LogP contribution in [0.2, 0.25) is 0 Å². The fourth-order valence-corrected chi connectivity index (χ4v) is 3.82. The van der Waals surface area contributed by atoms with Crippen molar-refractivity contribution in [3.05, 3.63) is 29.8 Å². The average molecular weight is 263 g/mol. The molecule has 3 heteroatoms. The molecule has 98 valence electrons. The maximum atomic E-state index is 6.54. The van der Waals surface area contributed by atoms with Crippen LogP contribution in [0.15, 0.2) is 29.2 Å². The maximum absolute atomic E-state index is 6.54. The molecule has 1 heterocycles. The molecule has 1 saturated heterocycles. The lowest BCUT2D eigenvalue weighted by Crippen LogP contribution is -2.38. The molecule has 2 nitrogen and oxygen atoms in total. The van der Waals surface area contributed by atoms with Gasteiger partial charge in [-0.1, -0.05) is 31.4 Å². The maximum Gasteiger partial charge on any atom is 0.0611 e. The first-order valence-corrected chi connectivity index (χ1v) is 7.78. The highest BCUT2D eigenvalue weighted by molar-refractivity contribution is 8.00. The van der Waals surface area contributed by atoms with Gasteiger partial charge in [-0.05, 0) is 30.5 Å². The minimum Gasteiger partial charge on any atom is -0.379 e. The monoisotopic (exact) mass is 263 g/mol. The van der Waals surface area contributed by atoms with Gasteiger partial charge in [0.1, 0.15) is 0 Å². The van der Waals surface area contributed by atoms with Gasteiger partial charge in [0.05, 0.1) is 18.5 Å². The summed E-state index contributed by atoms with van der Waals surface area (Å²) < 4.78 is 5.20. The second-order valence-corrected chi connectivity index (χ2v) is 6.89. The van der Waals surface area contributed by atoms with Gasteiger partial charge in [0.2, 0.25) is 0 Å². The van der Waals surface area contributed by atoms with Gasteiger partial charge in [-0.15, -0.1) is 11.8 Å². The second-order valence-electron chi connectivity index (χ2n) is 5.52. The van der Waals surface area contributed by atoms with Crippen molar-refractivity contribution in [3.8, 4) is 0 Å². The van der Waals surface area contributed by atoms with Crippen molar-refractivity contribution < 1.29 is 4.74 Å². The quantitative estimate of drug-likeness (QED) is 0.909. The molecule has 0 radical (unpaired) electrons. The van der Waals surface area contributed by atoms with E-state index in [1.165, 1.54) is 29.7 Å². The number of hydrogen-bond acceptors (Lipinski definition) is 3. The van der Waals surface area contributed by atoms with Crippen LogP contribution in [0.1, 0.15) is 37.7 Å². The molecule has 1 aromatic carbocycles. The van der Waals surface area contributed by atoms with Crippen molar-refractivity contribution in [1.29, 1.82) is 0 Å². The first-order valence-electron chi connectivity index (χ1n) is 6.90. The summed E-state index contributed by atoms with van der Waals surface area (Å²) in [5.74, 6) is 0. The summed E-state index contributed by atoms with van der Waals surface area (Å²) >= 11 is 1.92. The minimum atomic E-state index is -0.0684. The molecule has 1 saturated carbocycles. The van der Waals surface area contributed by atoms with Gasteiger partial charge >= 0.3 is 0 Å². The van der Waals surface area contributed by atoms with Crippen molar-refractivity contribution in [2.75, 3.05) is 13.2 Å². The molecular formula is C15H21NOS. The normalized spacial score (nSPS) is 23.6. The zero-order chi connectivity index (χ0) is 12.4. The fourth-order valence-electron chi connectivity index (χ4n) is 2.81. The first-order chi connectivity index (χ1) is 8.76. The lowest BCUT2D eigenvalue weighted by Gasteiger charge is -2.34. The van der Waals surface area contributed by atoms with Crippen LogP contribution in [-0.2, 0) is 10.3 Å². The minimum absolute atomic E-state index is 0.0684. The summed E-state index contributed by atoms with van der Waals surface area (Å²) in [6.07, 6.45) is 6.15. The van der Waals surface area contributed by atoms with E-state index in [2.05, 4.69) is 24.3 Å². The van der Waals surface area contributed by atoms with Crippen molar-refractivity contribution in [2.24, 2.45) is 5.73 Å². The fraction of sp³-hybridized carbons (Fsp3) is 0.600. The van der Waals surface area contributed by atoms with E-state index in [1.807, 2.05) is 11.8 Å². The van der Waals surface area contributed by atoms with Gasteiger partial charge in [0, 0.05) is 10.4 Å². The molecule has 2 N–H and O–H groups in total. The highest BCUT2D eigenvalue weighted by atomic mass is 32.2. The summed E-state index contributed by atoms with van der Waals surface area (Å²) in [6, 6.07) is 8.91. The Morgan fingerprint density at radius 1 is 1.06 bits per heavy atom. The molecule has 1 aliphatic heterocycles. The molecule has 3 rings (SSSR count).